The van der Waals surface area contributed by atoms with Crippen LogP contribution in [0.2, 0.25) is 0 Å². The van der Waals surface area contributed by atoms with Crippen LogP contribution in [0, 0.1) is 0 Å². The third-order valence-electron chi connectivity index (χ3n) is 2.37. The van der Waals surface area contributed by atoms with Crippen molar-refractivity contribution >= 4 is 7.60 Å². The zero-order valence-corrected chi connectivity index (χ0v) is 10.9. The molecule has 0 aliphatic carbocycles. The highest BCUT2D eigenvalue weighted by Crippen LogP contribution is 2.60. The summed E-state index contributed by atoms with van der Waals surface area (Å²) in [5.41, 5.74) is 0.751. The Morgan fingerprint density at radius 3 is 2.06 bits per heavy atom. The van der Waals surface area contributed by atoms with Crippen LogP contribution in [0.5, 0.6) is 0 Å². The Bertz CT molecular complexity index is 341. The molecule has 0 radical (unpaired) electrons. The van der Waals surface area contributed by atoms with Gasteiger partial charge in [0, 0.05) is 0 Å². The maximum absolute atomic E-state index is 12.5. The predicted molar refractivity (Wildman–Crippen MR) is 65.7 cm³/mol. The molecule has 0 aromatic heterocycles. The quantitative estimate of drug-likeness (QED) is 0.707. The molecule has 1 rings (SSSR count). The fraction of sp³-hybridized carbons (Fsp3) is 0.500. The van der Waals surface area contributed by atoms with Crippen LogP contribution in [-0.4, -0.2) is 13.2 Å². The van der Waals surface area contributed by atoms with Gasteiger partial charge >= 0.3 is 7.60 Å². The molecule has 0 bridgehead atoms. The van der Waals surface area contributed by atoms with Gasteiger partial charge < -0.3 is 9.05 Å². The summed E-state index contributed by atoms with van der Waals surface area (Å²) in [5.74, 6) is 0. The molecular weight excluding hydrogens is 223 g/mol. The molecule has 0 N–H and O–H groups in total. The van der Waals surface area contributed by atoms with Gasteiger partial charge in [0.25, 0.3) is 0 Å². The van der Waals surface area contributed by atoms with Gasteiger partial charge in [-0.05, 0) is 26.3 Å². The lowest BCUT2D eigenvalue weighted by Crippen LogP contribution is -2.03. The van der Waals surface area contributed by atoms with Crippen LogP contribution < -0.4 is 0 Å². The summed E-state index contributed by atoms with van der Waals surface area (Å²) in [6, 6.07) is 9.66. The Kier molecular flexibility index (Phi) is 5.20. The molecule has 1 aromatic carbocycles. The van der Waals surface area contributed by atoms with Crippen molar-refractivity contribution in [2.24, 2.45) is 0 Å². The van der Waals surface area contributed by atoms with Crippen molar-refractivity contribution in [1.29, 1.82) is 0 Å². The lowest BCUT2D eigenvalue weighted by molar-refractivity contribution is 0.213. The van der Waals surface area contributed by atoms with Crippen molar-refractivity contribution in [1.82, 2.24) is 0 Å². The average molecular weight is 242 g/mol. The van der Waals surface area contributed by atoms with Gasteiger partial charge in [-0.3, -0.25) is 4.57 Å². The topological polar surface area (TPSA) is 35.5 Å². The largest absolute Gasteiger partial charge is 0.337 e. The molecule has 90 valence electrons. The van der Waals surface area contributed by atoms with E-state index >= 15 is 0 Å². The summed E-state index contributed by atoms with van der Waals surface area (Å²) in [6.07, 6.45) is 0. The highest BCUT2D eigenvalue weighted by Gasteiger charge is 2.32. The van der Waals surface area contributed by atoms with Gasteiger partial charge in [0.15, 0.2) is 0 Å². The zero-order valence-electron chi connectivity index (χ0n) is 10.1. The van der Waals surface area contributed by atoms with Crippen molar-refractivity contribution in [3.05, 3.63) is 35.9 Å². The van der Waals surface area contributed by atoms with Crippen molar-refractivity contribution < 1.29 is 13.6 Å². The molecular formula is C12H19O3P. The molecule has 1 atom stereocenters. The minimum atomic E-state index is -3.03. The molecule has 0 spiro atoms. The van der Waals surface area contributed by atoms with Gasteiger partial charge in [-0.25, -0.2) is 0 Å². The van der Waals surface area contributed by atoms with Gasteiger partial charge in [0.1, 0.15) is 0 Å². The van der Waals surface area contributed by atoms with E-state index < -0.39 is 7.60 Å². The lowest BCUT2D eigenvalue weighted by Gasteiger charge is -2.23. The normalized spacial score (nSPS) is 13.7. The third kappa shape index (κ3) is 3.18. The van der Waals surface area contributed by atoms with Crippen LogP contribution in [0.3, 0.4) is 0 Å². The summed E-state index contributed by atoms with van der Waals surface area (Å²) < 4.78 is 23.1. The number of hydrogen-bond donors (Lipinski definition) is 0. The van der Waals surface area contributed by atoms with Gasteiger partial charge in [0.05, 0.1) is 18.9 Å². The van der Waals surface area contributed by atoms with E-state index in [1.54, 1.807) is 0 Å². The van der Waals surface area contributed by atoms with E-state index in [9.17, 15) is 4.57 Å². The molecule has 0 saturated heterocycles. The minimum absolute atomic E-state index is 0.228. The third-order valence-corrected chi connectivity index (χ3v) is 4.86. The van der Waals surface area contributed by atoms with Crippen molar-refractivity contribution in [3.8, 4) is 0 Å². The Labute approximate surface area is 97.3 Å². The van der Waals surface area contributed by atoms with E-state index in [4.69, 9.17) is 9.05 Å². The molecule has 0 amide bonds. The van der Waals surface area contributed by atoms with E-state index in [-0.39, 0.29) is 5.66 Å². The van der Waals surface area contributed by atoms with Gasteiger partial charge in [-0.2, -0.15) is 0 Å². The van der Waals surface area contributed by atoms with Crippen molar-refractivity contribution in [2.45, 2.75) is 26.4 Å². The van der Waals surface area contributed by atoms with Crippen LogP contribution in [0.1, 0.15) is 32.0 Å². The predicted octanol–water partition coefficient (Wildman–Crippen LogP) is 4.01. The summed E-state index contributed by atoms with van der Waals surface area (Å²) in [4.78, 5) is 0. The number of rotatable bonds is 6. The molecule has 4 heteroatoms. The SMILES string of the molecule is CCOP(=O)(OCC)C(C)c1ccccc1. The molecule has 0 aliphatic rings. The Balaban J connectivity index is 2.91. The van der Waals surface area contributed by atoms with E-state index in [0.29, 0.717) is 13.2 Å². The molecule has 1 unspecified atom stereocenters. The van der Waals surface area contributed by atoms with E-state index in [1.165, 1.54) is 0 Å². The van der Waals surface area contributed by atoms with Gasteiger partial charge in [0.2, 0.25) is 0 Å². The first-order valence-corrected chi connectivity index (χ1v) is 7.19. The first-order valence-electron chi connectivity index (χ1n) is 5.57. The van der Waals surface area contributed by atoms with Crippen LogP contribution in [0.4, 0.5) is 0 Å². The summed E-state index contributed by atoms with van der Waals surface area (Å²) in [6.45, 7) is 6.32. The fourth-order valence-corrected chi connectivity index (χ4v) is 3.31. The molecule has 1 aromatic rings. The zero-order chi connectivity index (χ0) is 12.0. The molecule has 3 nitrogen and oxygen atoms in total. The molecule has 0 saturated carbocycles. The highest BCUT2D eigenvalue weighted by molar-refractivity contribution is 7.54. The summed E-state index contributed by atoms with van der Waals surface area (Å²) >= 11 is 0. The molecule has 0 aliphatic heterocycles. The van der Waals surface area contributed by atoms with Crippen LogP contribution in [0.25, 0.3) is 0 Å². The van der Waals surface area contributed by atoms with E-state index in [1.807, 2.05) is 51.1 Å². The Hall–Kier alpha value is -0.630. The molecule has 16 heavy (non-hydrogen) atoms. The second-order valence-corrected chi connectivity index (χ2v) is 5.83. The monoisotopic (exact) mass is 242 g/mol. The smallest absolute Gasteiger partial charge is 0.308 e. The van der Waals surface area contributed by atoms with Crippen LogP contribution >= 0.6 is 7.60 Å². The van der Waals surface area contributed by atoms with E-state index in [0.717, 1.165) is 5.56 Å². The van der Waals surface area contributed by atoms with Gasteiger partial charge in [-0.15, -0.1) is 0 Å². The molecule has 0 heterocycles. The van der Waals surface area contributed by atoms with E-state index in [2.05, 4.69) is 0 Å². The number of benzene rings is 1. The lowest BCUT2D eigenvalue weighted by atomic mass is 10.2. The maximum Gasteiger partial charge on any atom is 0.337 e. The minimum Gasteiger partial charge on any atom is -0.308 e. The molecule has 0 fully saturated rings. The fourth-order valence-electron chi connectivity index (χ4n) is 1.53. The first-order chi connectivity index (χ1) is 7.64. The first kappa shape index (κ1) is 13.4. The van der Waals surface area contributed by atoms with Crippen LogP contribution in [-0.2, 0) is 13.6 Å². The van der Waals surface area contributed by atoms with Crippen molar-refractivity contribution in [2.75, 3.05) is 13.2 Å². The highest BCUT2D eigenvalue weighted by atomic mass is 31.2. The average Bonchev–Trinajstić information content (AvgIpc) is 2.30. The Morgan fingerprint density at radius 2 is 1.62 bits per heavy atom. The van der Waals surface area contributed by atoms with Crippen molar-refractivity contribution in [3.63, 3.8) is 0 Å². The second kappa shape index (κ2) is 6.19. The summed E-state index contributed by atoms with van der Waals surface area (Å²) in [5, 5.41) is 0. The Morgan fingerprint density at radius 1 is 1.12 bits per heavy atom. The summed E-state index contributed by atoms with van der Waals surface area (Å²) in [7, 11) is -3.03. The maximum atomic E-state index is 12.5. The van der Waals surface area contributed by atoms with Gasteiger partial charge in [-0.1, -0.05) is 30.3 Å². The second-order valence-electron chi connectivity index (χ2n) is 3.46. The standard InChI is InChI=1S/C12H19O3P/c1-4-14-16(13,15-5-2)11(3)12-9-7-6-8-10-12/h6-11H,4-5H2,1-3H3. The van der Waals surface area contributed by atoms with Crippen LogP contribution in [0.15, 0.2) is 30.3 Å². The number of hydrogen-bond acceptors (Lipinski definition) is 3.